The van der Waals surface area contributed by atoms with Crippen molar-refractivity contribution in [2.45, 2.75) is 12.2 Å². The first-order chi connectivity index (χ1) is 7.54. The van der Waals surface area contributed by atoms with E-state index >= 15 is 0 Å². The fourth-order valence-electron chi connectivity index (χ4n) is 0.721. The SMILES string of the molecule is O=C(OCCO)C(O)C(O)C(=O)OCCO. The van der Waals surface area contributed by atoms with E-state index in [1.165, 1.54) is 0 Å². The molecule has 2 atom stereocenters. The molecule has 0 saturated carbocycles. The van der Waals surface area contributed by atoms with Gasteiger partial charge in [-0.2, -0.15) is 0 Å². The average Bonchev–Trinajstić information content (AvgIpc) is 2.30. The van der Waals surface area contributed by atoms with Crippen LogP contribution in [0.3, 0.4) is 0 Å². The van der Waals surface area contributed by atoms with Crippen LogP contribution in [0.25, 0.3) is 0 Å². The van der Waals surface area contributed by atoms with Gasteiger partial charge in [-0.15, -0.1) is 0 Å². The molecule has 0 aliphatic rings. The highest BCUT2D eigenvalue weighted by Gasteiger charge is 2.32. The zero-order valence-electron chi connectivity index (χ0n) is 8.40. The molecule has 2 unspecified atom stereocenters. The third kappa shape index (κ3) is 5.03. The summed E-state index contributed by atoms with van der Waals surface area (Å²) in [5.41, 5.74) is 0. The van der Waals surface area contributed by atoms with Crippen LogP contribution in [-0.4, -0.2) is 71.0 Å². The molecule has 8 heteroatoms. The second-order valence-electron chi connectivity index (χ2n) is 2.67. The molecule has 0 heterocycles. The van der Waals surface area contributed by atoms with Crippen LogP contribution in [0.2, 0.25) is 0 Å². The minimum atomic E-state index is -2.09. The first kappa shape index (κ1) is 14.8. The van der Waals surface area contributed by atoms with Gasteiger partial charge in [0.25, 0.3) is 0 Å². The zero-order chi connectivity index (χ0) is 12.6. The van der Waals surface area contributed by atoms with E-state index in [9.17, 15) is 9.59 Å². The van der Waals surface area contributed by atoms with Gasteiger partial charge in [0, 0.05) is 0 Å². The van der Waals surface area contributed by atoms with Crippen molar-refractivity contribution in [3.63, 3.8) is 0 Å². The highest BCUT2D eigenvalue weighted by molar-refractivity contribution is 5.85. The second-order valence-corrected chi connectivity index (χ2v) is 2.67. The van der Waals surface area contributed by atoms with Crippen molar-refractivity contribution in [3.05, 3.63) is 0 Å². The molecule has 0 aromatic carbocycles. The molecule has 0 radical (unpaired) electrons. The van der Waals surface area contributed by atoms with Crippen molar-refractivity contribution in [2.24, 2.45) is 0 Å². The first-order valence-electron chi connectivity index (χ1n) is 4.45. The number of aliphatic hydroxyl groups excluding tert-OH is 4. The predicted molar refractivity (Wildman–Crippen MR) is 48.1 cm³/mol. The van der Waals surface area contributed by atoms with E-state index in [0.29, 0.717) is 0 Å². The molecule has 8 nitrogen and oxygen atoms in total. The molecule has 94 valence electrons. The van der Waals surface area contributed by atoms with Gasteiger partial charge in [0.15, 0.2) is 12.2 Å². The summed E-state index contributed by atoms with van der Waals surface area (Å²) < 4.78 is 8.55. The number of aliphatic hydroxyl groups is 4. The maximum absolute atomic E-state index is 10.9. The van der Waals surface area contributed by atoms with Gasteiger partial charge in [0.1, 0.15) is 13.2 Å². The standard InChI is InChI=1S/C8H14O8/c9-1-3-15-7(13)5(11)6(12)8(14)16-4-2-10/h5-6,9-12H,1-4H2. The van der Waals surface area contributed by atoms with Crippen molar-refractivity contribution in [1.82, 2.24) is 0 Å². The number of carbonyl (C=O) groups is 2. The summed E-state index contributed by atoms with van der Waals surface area (Å²) >= 11 is 0. The van der Waals surface area contributed by atoms with Crippen LogP contribution >= 0.6 is 0 Å². The Morgan fingerprint density at radius 1 is 0.875 bits per heavy atom. The Morgan fingerprint density at radius 3 is 1.44 bits per heavy atom. The lowest BCUT2D eigenvalue weighted by Gasteiger charge is -2.15. The zero-order valence-corrected chi connectivity index (χ0v) is 8.40. The first-order valence-corrected chi connectivity index (χ1v) is 4.45. The molecule has 0 aliphatic carbocycles. The number of hydrogen-bond acceptors (Lipinski definition) is 8. The van der Waals surface area contributed by atoms with Gasteiger partial charge in [-0.1, -0.05) is 0 Å². The number of carbonyl (C=O) groups excluding carboxylic acids is 2. The molecule has 16 heavy (non-hydrogen) atoms. The minimum absolute atomic E-state index is 0.353. The third-order valence-corrected chi connectivity index (χ3v) is 1.45. The summed E-state index contributed by atoms with van der Waals surface area (Å²) in [5.74, 6) is -2.50. The van der Waals surface area contributed by atoms with Crippen LogP contribution in [0, 0.1) is 0 Å². The highest BCUT2D eigenvalue weighted by atomic mass is 16.6. The molecule has 0 aliphatic heterocycles. The smallest absolute Gasteiger partial charge is 0.338 e. The Balaban J connectivity index is 4.09. The molecular formula is C8H14O8. The fraction of sp³-hybridized carbons (Fsp3) is 0.750. The summed E-state index contributed by atoms with van der Waals surface area (Å²) in [6.07, 6.45) is -4.17. The minimum Gasteiger partial charge on any atom is -0.461 e. The molecule has 0 spiro atoms. The average molecular weight is 238 g/mol. The number of rotatable bonds is 7. The topological polar surface area (TPSA) is 134 Å². The van der Waals surface area contributed by atoms with Crippen LogP contribution in [0.15, 0.2) is 0 Å². The van der Waals surface area contributed by atoms with Crippen molar-refractivity contribution >= 4 is 11.9 Å². The van der Waals surface area contributed by atoms with Gasteiger partial charge in [0.05, 0.1) is 13.2 Å². The predicted octanol–water partition coefficient (Wildman–Crippen LogP) is -3.22. The molecule has 0 bridgehead atoms. The molecule has 4 N–H and O–H groups in total. The van der Waals surface area contributed by atoms with E-state index in [1.54, 1.807) is 0 Å². The Morgan fingerprint density at radius 2 is 1.19 bits per heavy atom. The van der Waals surface area contributed by atoms with E-state index in [-0.39, 0.29) is 13.2 Å². The van der Waals surface area contributed by atoms with Crippen molar-refractivity contribution in [2.75, 3.05) is 26.4 Å². The van der Waals surface area contributed by atoms with Crippen LogP contribution < -0.4 is 0 Å². The number of esters is 2. The Kier molecular flexibility index (Phi) is 7.38. The van der Waals surface area contributed by atoms with Crippen molar-refractivity contribution in [3.8, 4) is 0 Å². The van der Waals surface area contributed by atoms with E-state index in [0.717, 1.165) is 0 Å². The van der Waals surface area contributed by atoms with Gasteiger partial charge in [-0.25, -0.2) is 9.59 Å². The molecule has 0 aromatic heterocycles. The van der Waals surface area contributed by atoms with Gasteiger partial charge in [-0.3, -0.25) is 0 Å². The molecule has 0 aromatic rings. The summed E-state index contributed by atoms with van der Waals surface area (Å²) in [6, 6.07) is 0. The Hall–Kier alpha value is -1.22. The van der Waals surface area contributed by atoms with Gasteiger partial charge < -0.3 is 29.9 Å². The molecular weight excluding hydrogens is 224 g/mol. The lowest BCUT2D eigenvalue weighted by Crippen LogP contribution is -2.42. The maximum Gasteiger partial charge on any atom is 0.338 e. The molecule has 0 saturated heterocycles. The monoisotopic (exact) mass is 238 g/mol. The van der Waals surface area contributed by atoms with Crippen LogP contribution in [0.5, 0.6) is 0 Å². The van der Waals surface area contributed by atoms with Gasteiger partial charge in [0.2, 0.25) is 0 Å². The third-order valence-electron chi connectivity index (χ3n) is 1.45. The molecule has 0 fully saturated rings. The lowest BCUT2D eigenvalue weighted by atomic mass is 10.2. The summed E-state index contributed by atoms with van der Waals surface area (Å²) in [5, 5.41) is 34.9. The normalized spacial score (nSPS) is 14.0. The van der Waals surface area contributed by atoms with Crippen molar-refractivity contribution in [1.29, 1.82) is 0 Å². The van der Waals surface area contributed by atoms with E-state index in [1.807, 2.05) is 0 Å². The number of hydrogen-bond donors (Lipinski definition) is 4. The fourth-order valence-corrected chi connectivity index (χ4v) is 0.721. The summed E-state index contributed by atoms with van der Waals surface area (Å²) in [6.45, 7) is -1.59. The molecule has 0 rings (SSSR count). The van der Waals surface area contributed by atoms with E-state index in [2.05, 4.69) is 9.47 Å². The van der Waals surface area contributed by atoms with Crippen LogP contribution in [0.1, 0.15) is 0 Å². The lowest BCUT2D eigenvalue weighted by molar-refractivity contribution is -0.174. The molecule has 0 amide bonds. The highest BCUT2D eigenvalue weighted by Crippen LogP contribution is 1.99. The van der Waals surface area contributed by atoms with Crippen molar-refractivity contribution < 1.29 is 39.5 Å². The summed E-state index contributed by atoms with van der Waals surface area (Å²) in [7, 11) is 0. The second kappa shape index (κ2) is 7.99. The van der Waals surface area contributed by atoms with E-state index in [4.69, 9.17) is 20.4 Å². The quantitative estimate of drug-likeness (QED) is 0.340. The summed E-state index contributed by atoms with van der Waals surface area (Å²) in [4.78, 5) is 21.8. The van der Waals surface area contributed by atoms with Crippen LogP contribution in [0.4, 0.5) is 0 Å². The van der Waals surface area contributed by atoms with Gasteiger partial charge in [-0.05, 0) is 0 Å². The largest absolute Gasteiger partial charge is 0.461 e. The van der Waals surface area contributed by atoms with Gasteiger partial charge >= 0.3 is 11.9 Å². The Labute approximate surface area is 91.0 Å². The number of ether oxygens (including phenoxy) is 2. The maximum atomic E-state index is 10.9. The Bertz CT molecular complexity index is 204. The van der Waals surface area contributed by atoms with E-state index < -0.39 is 37.4 Å². The van der Waals surface area contributed by atoms with Crippen LogP contribution in [-0.2, 0) is 19.1 Å².